The fraction of sp³-hybridized carbons (Fsp3) is 0.438. The SMILES string of the molecule is CC(C)[C@H](N)C(=O)N[C@H](CO)Cc1csc2ccccc12. The van der Waals surface area contributed by atoms with Crippen molar-refractivity contribution in [1.29, 1.82) is 0 Å². The predicted octanol–water partition coefficient (Wildman–Crippen LogP) is 1.90. The summed E-state index contributed by atoms with van der Waals surface area (Å²) in [5, 5.41) is 15.6. The summed E-state index contributed by atoms with van der Waals surface area (Å²) < 4.78 is 1.22. The van der Waals surface area contributed by atoms with Gasteiger partial charge in [0.1, 0.15) is 0 Å². The lowest BCUT2D eigenvalue weighted by Gasteiger charge is -2.21. The van der Waals surface area contributed by atoms with Gasteiger partial charge in [0.05, 0.1) is 18.7 Å². The Bertz CT molecular complexity index is 609. The summed E-state index contributed by atoms with van der Waals surface area (Å²) >= 11 is 1.68. The van der Waals surface area contributed by atoms with E-state index < -0.39 is 6.04 Å². The summed E-state index contributed by atoms with van der Waals surface area (Å²) in [4.78, 5) is 12.0. The topological polar surface area (TPSA) is 75.4 Å². The maximum atomic E-state index is 12.0. The molecule has 4 nitrogen and oxygen atoms in total. The Labute approximate surface area is 129 Å². The number of hydrogen-bond acceptors (Lipinski definition) is 4. The molecule has 0 aliphatic carbocycles. The van der Waals surface area contributed by atoms with Crippen molar-refractivity contribution < 1.29 is 9.90 Å². The zero-order valence-corrected chi connectivity index (χ0v) is 13.2. The second kappa shape index (κ2) is 7.02. The quantitative estimate of drug-likeness (QED) is 0.763. The van der Waals surface area contributed by atoms with Crippen LogP contribution in [0.25, 0.3) is 10.1 Å². The number of rotatable bonds is 6. The Hall–Kier alpha value is -1.43. The van der Waals surface area contributed by atoms with Crippen molar-refractivity contribution in [2.75, 3.05) is 6.61 Å². The molecule has 1 aromatic heterocycles. The van der Waals surface area contributed by atoms with Gasteiger partial charge in [0, 0.05) is 4.70 Å². The highest BCUT2D eigenvalue weighted by Crippen LogP contribution is 2.26. The number of aliphatic hydroxyl groups is 1. The first-order chi connectivity index (χ1) is 10.0. The largest absolute Gasteiger partial charge is 0.394 e. The minimum absolute atomic E-state index is 0.0753. The number of fused-ring (bicyclic) bond motifs is 1. The highest BCUT2D eigenvalue weighted by atomic mass is 32.1. The third kappa shape index (κ3) is 3.81. The molecule has 0 bridgehead atoms. The number of nitrogens with one attached hydrogen (secondary N) is 1. The van der Waals surface area contributed by atoms with Crippen molar-refractivity contribution in [3.05, 3.63) is 35.2 Å². The van der Waals surface area contributed by atoms with Gasteiger partial charge in [0.2, 0.25) is 5.91 Å². The minimum Gasteiger partial charge on any atom is -0.394 e. The Morgan fingerprint density at radius 3 is 2.76 bits per heavy atom. The first-order valence-corrected chi connectivity index (χ1v) is 8.02. The van der Waals surface area contributed by atoms with Crippen molar-refractivity contribution in [3.8, 4) is 0 Å². The van der Waals surface area contributed by atoms with Crippen LogP contribution in [-0.2, 0) is 11.2 Å². The fourth-order valence-electron chi connectivity index (χ4n) is 2.22. The lowest BCUT2D eigenvalue weighted by Crippen LogP contribution is -2.49. The lowest BCUT2D eigenvalue weighted by atomic mass is 10.0. The van der Waals surface area contributed by atoms with E-state index in [1.807, 2.05) is 26.0 Å². The zero-order chi connectivity index (χ0) is 15.4. The molecule has 1 heterocycles. The average Bonchev–Trinajstić information content (AvgIpc) is 2.88. The van der Waals surface area contributed by atoms with Crippen LogP contribution < -0.4 is 11.1 Å². The van der Waals surface area contributed by atoms with Crippen molar-refractivity contribution in [1.82, 2.24) is 5.32 Å². The normalized spacial score (nSPS) is 14.3. The van der Waals surface area contributed by atoms with Crippen LogP contribution in [0.4, 0.5) is 0 Å². The Morgan fingerprint density at radius 2 is 2.10 bits per heavy atom. The molecule has 0 saturated heterocycles. The zero-order valence-electron chi connectivity index (χ0n) is 12.4. The number of thiophene rings is 1. The van der Waals surface area contributed by atoms with E-state index in [0.29, 0.717) is 6.42 Å². The molecule has 1 aromatic carbocycles. The van der Waals surface area contributed by atoms with Crippen molar-refractivity contribution in [2.45, 2.75) is 32.4 Å². The van der Waals surface area contributed by atoms with Crippen LogP contribution in [0.15, 0.2) is 29.6 Å². The van der Waals surface area contributed by atoms with Crippen LogP contribution in [0.5, 0.6) is 0 Å². The minimum atomic E-state index is -0.543. The van der Waals surface area contributed by atoms with E-state index in [9.17, 15) is 9.90 Å². The van der Waals surface area contributed by atoms with E-state index in [1.54, 1.807) is 11.3 Å². The maximum absolute atomic E-state index is 12.0. The van der Waals surface area contributed by atoms with E-state index in [2.05, 4.69) is 22.8 Å². The smallest absolute Gasteiger partial charge is 0.237 e. The molecule has 0 unspecified atom stereocenters. The van der Waals surface area contributed by atoms with Crippen LogP contribution in [0, 0.1) is 5.92 Å². The molecule has 1 amide bonds. The number of amides is 1. The summed E-state index contributed by atoms with van der Waals surface area (Å²) in [7, 11) is 0. The fourth-order valence-corrected chi connectivity index (χ4v) is 3.19. The molecule has 21 heavy (non-hydrogen) atoms. The molecule has 5 heteroatoms. The van der Waals surface area contributed by atoms with Gasteiger partial charge in [-0.25, -0.2) is 0 Å². The van der Waals surface area contributed by atoms with Crippen LogP contribution in [0.1, 0.15) is 19.4 Å². The molecule has 4 N–H and O–H groups in total. The summed E-state index contributed by atoms with van der Waals surface area (Å²) in [6.07, 6.45) is 0.608. The van der Waals surface area contributed by atoms with E-state index in [0.717, 1.165) is 5.56 Å². The number of carbonyl (C=O) groups excluding carboxylic acids is 1. The van der Waals surface area contributed by atoms with E-state index in [1.165, 1.54) is 10.1 Å². The first-order valence-electron chi connectivity index (χ1n) is 7.14. The second-order valence-electron chi connectivity index (χ2n) is 5.62. The van der Waals surface area contributed by atoms with Gasteiger partial charge in [-0.1, -0.05) is 32.0 Å². The molecule has 0 fully saturated rings. The van der Waals surface area contributed by atoms with Crippen molar-refractivity contribution in [3.63, 3.8) is 0 Å². The Balaban J connectivity index is 2.07. The third-order valence-electron chi connectivity index (χ3n) is 3.62. The van der Waals surface area contributed by atoms with E-state index >= 15 is 0 Å². The number of carbonyl (C=O) groups is 1. The Morgan fingerprint density at radius 1 is 1.38 bits per heavy atom. The summed E-state index contributed by atoms with van der Waals surface area (Å²) in [6, 6.07) is 7.30. The average molecular weight is 306 g/mol. The predicted molar refractivity (Wildman–Crippen MR) is 87.4 cm³/mol. The van der Waals surface area contributed by atoms with Crippen molar-refractivity contribution >= 4 is 27.3 Å². The van der Waals surface area contributed by atoms with Crippen LogP contribution >= 0.6 is 11.3 Å². The number of nitrogens with two attached hydrogens (primary N) is 1. The lowest BCUT2D eigenvalue weighted by molar-refractivity contribution is -0.124. The van der Waals surface area contributed by atoms with Gasteiger partial charge in [0.15, 0.2) is 0 Å². The molecule has 0 aliphatic rings. The molecule has 0 spiro atoms. The number of aliphatic hydroxyl groups excluding tert-OH is 1. The molecular weight excluding hydrogens is 284 g/mol. The monoisotopic (exact) mass is 306 g/mol. The molecule has 2 atom stereocenters. The summed E-state index contributed by atoms with van der Waals surface area (Å²) in [5.74, 6) is -0.130. The van der Waals surface area contributed by atoms with Gasteiger partial charge >= 0.3 is 0 Å². The maximum Gasteiger partial charge on any atom is 0.237 e. The standard InChI is InChI=1S/C16H22N2O2S/c1-10(2)15(17)16(20)18-12(8-19)7-11-9-21-14-6-4-3-5-13(11)14/h3-6,9-10,12,15,19H,7-8,17H2,1-2H3,(H,18,20)/t12-,15-/m0/s1. The van der Waals surface area contributed by atoms with E-state index in [-0.39, 0.29) is 24.5 Å². The van der Waals surface area contributed by atoms with Gasteiger partial charge in [-0.2, -0.15) is 0 Å². The highest BCUT2D eigenvalue weighted by molar-refractivity contribution is 7.17. The molecule has 0 aliphatic heterocycles. The van der Waals surface area contributed by atoms with Crippen LogP contribution in [0.2, 0.25) is 0 Å². The van der Waals surface area contributed by atoms with E-state index in [4.69, 9.17) is 5.73 Å². The first kappa shape index (κ1) is 15.9. The molecule has 0 saturated carbocycles. The summed E-state index contributed by atoms with van der Waals surface area (Å²) in [6.45, 7) is 3.72. The molecule has 2 aromatic rings. The molecule has 0 radical (unpaired) electrons. The third-order valence-corrected chi connectivity index (χ3v) is 4.63. The molecule has 2 rings (SSSR count). The van der Waals surface area contributed by atoms with Crippen LogP contribution in [0.3, 0.4) is 0 Å². The van der Waals surface area contributed by atoms with Gasteiger partial charge in [-0.15, -0.1) is 11.3 Å². The van der Waals surface area contributed by atoms with Crippen LogP contribution in [-0.4, -0.2) is 29.7 Å². The Kier molecular flexibility index (Phi) is 5.33. The van der Waals surface area contributed by atoms with Gasteiger partial charge in [0.25, 0.3) is 0 Å². The van der Waals surface area contributed by atoms with Gasteiger partial charge in [-0.05, 0) is 34.7 Å². The summed E-state index contributed by atoms with van der Waals surface area (Å²) in [5.41, 5.74) is 6.98. The molecular formula is C16H22N2O2S. The van der Waals surface area contributed by atoms with Crippen molar-refractivity contribution in [2.24, 2.45) is 11.7 Å². The number of hydrogen-bond donors (Lipinski definition) is 3. The van der Waals surface area contributed by atoms with Gasteiger partial charge < -0.3 is 16.2 Å². The number of benzene rings is 1. The van der Waals surface area contributed by atoms with Gasteiger partial charge in [-0.3, -0.25) is 4.79 Å². The molecule has 114 valence electrons. The second-order valence-corrected chi connectivity index (χ2v) is 6.53. The highest BCUT2D eigenvalue weighted by Gasteiger charge is 2.21.